The molecular formula is C19H16F2N4O2. The monoisotopic (exact) mass is 370 g/mol. The third kappa shape index (κ3) is 3.72. The van der Waals surface area contributed by atoms with Crippen LogP contribution in [0.1, 0.15) is 22.5 Å². The van der Waals surface area contributed by atoms with Crippen LogP contribution in [0.5, 0.6) is 0 Å². The van der Waals surface area contributed by atoms with Gasteiger partial charge in [0.05, 0.1) is 5.69 Å². The van der Waals surface area contributed by atoms with E-state index in [-0.39, 0.29) is 34.1 Å². The Balaban J connectivity index is 2.01. The van der Waals surface area contributed by atoms with Crippen LogP contribution in [-0.4, -0.2) is 35.3 Å². The van der Waals surface area contributed by atoms with Crippen molar-refractivity contribution in [3.63, 3.8) is 0 Å². The molecule has 27 heavy (non-hydrogen) atoms. The number of primary amides is 1. The molecule has 1 saturated heterocycles. The summed E-state index contributed by atoms with van der Waals surface area (Å²) in [4.78, 5) is 28.7. The van der Waals surface area contributed by atoms with Gasteiger partial charge in [-0.05, 0) is 24.6 Å². The molecule has 0 bridgehead atoms. The van der Waals surface area contributed by atoms with Gasteiger partial charge in [-0.1, -0.05) is 11.8 Å². The Morgan fingerprint density at radius 1 is 1.30 bits per heavy atom. The fourth-order valence-electron chi connectivity index (χ4n) is 2.83. The number of hydrogen-bond acceptors (Lipinski definition) is 4. The van der Waals surface area contributed by atoms with Crippen LogP contribution in [0, 0.1) is 29.4 Å². The molecule has 1 aliphatic rings. The zero-order valence-corrected chi connectivity index (χ0v) is 14.4. The van der Waals surface area contributed by atoms with Crippen LogP contribution in [0.25, 0.3) is 11.3 Å². The Morgan fingerprint density at radius 3 is 2.67 bits per heavy atom. The number of nitrogen functional groups attached to an aromatic ring is 1. The molecule has 138 valence electrons. The van der Waals surface area contributed by atoms with E-state index in [1.807, 2.05) is 0 Å². The molecule has 4 N–H and O–H groups in total. The third-order valence-electron chi connectivity index (χ3n) is 4.23. The highest BCUT2D eigenvalue weighted by atomic mass is 19.1. The SMILES string of the molecule is CN1CCC(C#Cc2cc(F)cc(-c3nc(C(N)=O)c(N)cc3F)c2)C1=O. The lowest BCUT2D eigenvalue weighted by Gasteiger charge is -2.08. The summed E-state index contributed by atoms with van der Waals surface area (Å²) < 4.78 is 28.3. The average Bonchev–Trinajstić information content (AvgIpc) is 2.91. The number of carbonyl (C=O) groups is 2. The molecule has 1 aromatic heterocycles. The maximum Gasteiger partial charge on any atom is 0.269 e. The number of likely N-dealkylation sites (tertiary alicyclic amines) is 1. The van der Waals surface area contributed by atoms with E-state index in [1.54, 1.807) is 11.9 Å². The van der Waals surface area contributed by atoms with E-state index in [2.05, 4.69) is 16.8 Å². The lowest BCUT2D eigenvalue weighted by atomic mass is 10.0. The van der Waals surface area contributed by atoms with Gasteiger partial charge in [0.1, 0.15) is 17.4 Å². The van der Waals surface area contributed by atoms with Crippen LogP contribution < -0.4 is 11.5 Å². The van der Waals surface area contributed by atoms with Crippen LogP contribution in [0.3, 0.4) is 0 Å². The van der Waals surface area contributed by atoms with Gasteiger partial charge in [0, 0.05) is 30.8 Å². The normalized spacial score (nSPS) is 16.2. The lowest BCUT2D eigenvalue weighted by Crippen LogP contribution is -2.21. The molecule has 1 aliphatic heterocycles. The number of carbonyl (C=O) groups excluding carboxylic acids is 2. The summed E-state index contributed by atoms with van der Waals surface area (Å²) in [5.41, 5.74) is 10.3. The predicted molar refractivity (Wildman–Crippen MR) is 95.1 cm³/mol. The predicted octanol–water partition coefficient (Wildman–Crippen LogP) is 1.54. The second-order valence-corrected chi connectivity index (χ2v) is 6.22. The number of halogens is 2. The molecular weight excluding hydrogens is 354 g/mol. The molecule has 0 saturated carbocycles. The minimum Gasteiger partial charge on any atom is -0.397 e. The Bertz CT molecular complexity index is 1010. The zero-order valence-electron chi connectivity index (χ0n) is 14.4. The van der Waals surface area contributed by atoms with E-state index in [4.69, 9.17) is 11.5 Å². The van der Waals surface area contributed by atoms with Crippen LogP contribution in [-0.2, 0) is 4.79 Å². The Kier molecular flexibility index (Phi) is 4.77. The number of aromatic nitrogens is 1. The van der Waals surface area contributed by atoms with Gasteiger partial charge in [-0.25, -0.2) is 13.8 Å². The molecule has 1 aromatic carbocycles. The fourth-order valence-corrected chi connectivity index (χ4v) is 2.83. The van der Waals surface area contributed by atoms with E-state index in [9.17, 15) is 18.4 Å². The third-order valence-corrected chi connectivity index (χ3v) is 4.23. The van der Waals surface area contributed by atoms with Crippen molar-refractivity contribution in [3.8, 4) is 23.1 Å². The molecule has 0 spiro atoms. The Morgan fingerprint density at radius 2 is 2.04 bits per heavy atom. The van der Waals surface area contributed by atoms with Crippen LogP contribution in [0.4, 0.5) is 14.5 Å². The number of nitrogens with zero attached hydrogens (tertiary/aromatic N) is 2. The van der Waals surface area contributed by atoms with Gasteiger partial charge in [-0.15, -0.1) is 0 Å². The Hall–Kier alpha value is -3.47. The van der Waals surface area contributed by atoms with Gasteiger partial charge in [0.15, 0.2) is 11.5 Å². The minimum atomic E-state index is -0.922. The first kappa shape index (κ1) is 18.3. The van der Waals surface area contributed by atoms with Crippen molar-refractivity contribution in [1.82, 2.24) is 9.88 Å². The summed E-state index contributed by atoms with van der Waals surface area (Å²) in [6.45, 7) is 0.614. The summed E-state index contributed by atoms with van der Waals surface area (Å²) in [6.07, 6.45) is 0.598. The van der Waals surface area contributed by atoms with Gasteiger partial charge in [0.2, 0.25) is 5.91 Å². The first-order chi connectivity index (χ1) is 12.8. The van der Waals surface area contributed by atoms with E-state index in [1.165, 1.54) is 12.1 Å². The van der Waals surface area contributed by atoms with Gasteiger partial charge >= 0.3 is 0 Å². The molecule has 1 fully saturated rings. The van der Waals surface area contributed by atoms with Crippen molar-refractivity contribution in [2.45, 2.75) is 6.42 Å². The maximum atomic E-state index is 14.3. The van der Waals surface area contributed by atoms with Crippen molar-refractivity contribution in [2.24, 2.45) is 11.7 Å². The quantitative estimate of drug-likeness (QED) is 0.783. The van der Waals surface area contributed by atoms with Gasteiger partial charge in [-0.3, -0.25) is 9.59 Å². The van der Waals surface area contributed by atoms with Crippen molar-refractivity contribution < 1.29 is 18.4 Å². The van der Waals surface area contributed by atoms with Crippen molar-refractivity contribution >= 4 is 17.5 Å². The number of anilines is 1. The Labute approximate surface area is 154 Å². The highest BCUT2D eigenvalue weighted by Crippen LogP contribution is 2.26. The molecule has 2 aromatic rings. The van der Waals surface area contributed by atoms with E-state index in [0.29, 0.717) is 13.0 Å². The van der Waals surface area contributed by atoms with Crippen LogP contribution in [0.2, 0.25) is 0 Å². The molecule has 6 nitrogen and oxygen atoms in total. The number of pyridine rings is 1. The molecule has 2 heterocycles. The largest absolute Gasteiger partial charge is 0.397 e. The molecule has 0 radical (unpaired) electrons. The smallest absolute Gasteiger partial charge is 0.269 e. The lowest BCUT2D eigenvalue weighted by molar-refractivity contribution is -0.128. The molecule has 1 atom stereocenters. The molecule has 0 aliphatic carbocycles. The van der Waals surface area contributed by atoms with Gasteiger partial charge < -0.3 is 16.4 Å². The molecule has 2 amide bonds. The van der Waals surface area contributed by atoms with E-state index >= 15 is 0 Å². The summed E-state index contributed by atoms with van der Waals surface area (Å²) in [5.74, 6) is 2.63. The topological polar surface area (TPSA) is 102 Å². The second kappa shape index (κ2) is 7.03. The summed E-state index contributed by atoms with van der Waals surface area (Å²) in [7, 11) is 1.69. The highest BCUT2D eigenvalue weighted by Gasteiger charge is 2.27. The fraction of sp³-hybridized carbons (Fsp3) is 0.211. The average molecular weight is 370 g/mol. The zero-order chi connectivity index (χ0) is 19.7. The first-order valence-corrected chi connectivity index (χ1v) is 8.09. The number of nitrogens with two attached hydrogens (primary N) is 2. The first-order valence-electron chi connectivity index (χ1n) is 8.09. The molecule has 3 rings (SSSR count). The molecule has 1 unspecified atom stereocenters. The number of hydrogen-bond donors (Lipinski definition) is 2. The molecule has 8 heteroatoms. The van der Waals surface area contributed by atoms with Crippen molar-refractivity contribution in [2.75, 3.05) is 19.3 Å². The number of rotatable bonds is 2. The van der Waals surface area contributed by atoms with Crippen LogP contribution >= 0.6 is 0 Å². The summed E-state index contributed by atoms with van der Waals surface area (Å²) in [5, 5.41) is 0. The number of amides is 2. The van der Waals surface area contributed by atoms with E-state index in [0.717, 1.165) is 12.1 Å². The minimum absolute atomic E-state index is 0.0779. The highest BCUT2D eigenvalue weighted by molar-refractivity contribution is 5.96. The van der Waals surface area contributed by atoms with Crippen molar-refractivity contribution in [1.29, 1.82) is 0 Å². The summed E-state index contributed by atoms with van der Waals surface area (Å²) >= 11 is 0. The van der Waals surface area contributed by atoms with Gasteiger partial charge in [0.25, 0.3) is 5.91 Å². The maximum absolute atomic E-state index is 14.3. The summed E-state index contributed by atoms with van der Waals surface area (Å²) in [6, 6.07) is 4.56. The van der Waals surface area contributed by atoms with Gasteiger partial charge in [-0.2, -0.15) is 0 Å². The van der Waals surface area contributed by atoms with E-state index < -0.39 is 23.5 Å². The second-order valence-electron chi connectivity index (χ2n) is 6.22. The standard InChI is InChI=1S/C19H16F2N4O2/c1-25-5-4-11(19(25)27)3-2-10-6-12(8-13(20)7-10)16-14(21)9-15(22)17(24-16)18(23)26/h6-9,11H,4-5,22H2,1H3,(H2,23,26). The van der Waals surface area contributed by atoms with Crippen LogP contribution in [0.15, 0.2) is 24.3 Å². The number of benzene rings is 1. The van der Waals surface area contributed by atoms with Crippen molar-refractivity contribution in [3.05, 3.63) is 47.2 Å².